The summed E-state index contributed by atoms with van der Waals surface area (Å²) in [6, 6.07) is 13.9. The number of ether oxygens (including phenoxy) is 3. The van der Waals surface area contributed by atoms with Crippen molar-refractivity contribution in [2.45, 2.75) is 38.6 Å². The van der Waals surface area contributed by atoms with E-state index in [-0.39, 0.29) is 6.54 Å². The largest absolute Gasteiger partial charge is 0.465 e. The molecule has 3 aromatic rings. The standard InChI is InChI=1S/C23H26FN3O4/c1-23(2,3)31-22(28)27-12-13-29-19(14-27)20(15-8-4-6-10-17(15)24)30-21-16-9-5-7-11-18(16)25-26-21/h4-11,19-20H,12-14H2,1-3H3,(H,25,26). The van der Waals surface area contributed by atoms with Crippen LogP contribution in [0.5, 0.6) is 5.88 Å². The molecule has 8 heteroatoms. The van der Waals surface area contributed by atoms with E-state index in [1.54, 1.807) is 23.1 Å². The third-order valence-corrected chi connectivity index (χ3v) is 4.97. The molecule has 2 unspecified atom stereocenters. The van der Waals surface area contributed by atoms with Crippen LogP contribution in [-0.4, -0.2) is 52.6 Å². The molecule has 4 rings (SSSR count). The van der Waals surface area contributed by atoms with Gasteiger partial charge in [-0.3, -0.25) is 5.10 Å². The predicted molar refractivity (Wildman–Crippen MR) is 113 cm³/mol. The van der Waals surface area contributed by atoms with Gasteiger partial charge in [0.2, 0.25) is 5.88 Å². The Hall–Kier alpha value is -3.13. The lowest BCUT2D eigenvalue weighted by atomic mass is 10.0. The van der Waals surface area contributed by atoms with E-state index in [1.165, 1.54) is 6.07 Å². The highest BCUT2D eigenvalue weighted by Crippen LogP contribution is 2.33. The number of morpholine rings is 1. The molecule has 31 heavy (non-hydrogen) atoms. The molecule has 1 amide bonds. The van der Waals surface area contributed by atoms with Gasteiger partial charge in [-0.15, -0.1) is 5.10 Å². The fraction of sp³-hybridized carbons (Fsp3) is 0.391. The van der Waals surface area contributed by atoms with Crippen molar-refractivity contribution in [2.75, 3.05) is 19.7 Å². The lowest BCUT2D eigenvalue weighted by Crippen LogP contribution is -2.50. The number of nitrogens with zero attached hydrogens (tertiary/aromatic N) is 2. The number of rotatable bonds is 4. The van der Waals surface area contributed by atoms with E-state index in [1.807, 2.05) is 45.0 Å². The topological polar surface area (TPSA) is 76.7 Å². The first-order chi connectivity index (χ1) is 14.8. The third kappa shape index (κ3) is 4.80. The van der Waals surface area contributed by atoms with Gasteiger partial charge in [-0.25, -0.2) is 9.18 Å². The quantitative estimate of drug-likeness (QED) is 0.665. The minimum absolute atomic E-state index is 0.205. The number of aromatic nitrogens is 2. The summed E-state index contributed by atoms with van der Waals surface area (Å²) in [5, 5.41) is 7.96. The molecule has 1 saturated heterocycles. The van der Waals surface area contributed by atoms with E-state index >= 15 is 0 Å². The molecule has 0 radical (unpaired) electrons. The Morgan fingerprint density at radius 2 is 1.97 bits per heavy atom. The molecule has 164 valence electrons. The number of amides is 1. The second-order valence-electron chi connectivity index (χ2n) is 8.47. The number of benzene rings is 2. The number of carbonyl (C=O) groups excluding carboxylic acids is 1. The maximum Gasteiger partial charge on any atom is 0.410 e. The second kappa shape index (κ2) is 8.55. The molecular formula is C23H26FN3O4. The Labute approximate surface area is 180 Å². The lowest BCUT2D eigenvalue weighted by molar-refractivity contribution is -0.0849. The van der Waals surface area contributed by atoms with Crippen molar-refractivity contribution in [3.8, 4) is 5.88 Å². The van der Waals surface area contributed by atoms with Crippen LogP contribution in [0.2, 0.25) is 0 Å². The van der Waals surface area contributed by atoms with Crippen molar-refractivity contribution < 1.29 is 23.4 Å². The highest BCUT2D eigenvalue weighted by Gasteiger charge is 2.36. The smallest absolute Gasteiger partial charge is 0.410 e. The van der Waals surface area contributed by atoms with Crippen LogP contribution in [0.1, 0.15) is 32.4 Å². The summed E-state index contributed by atoms with van der Waals surface area (Å²) in [4.78, 5) is 14.2. The molecule has 0 aliphatic carbocycles. The molecule has 0 spiro atoms. The zero-order chi connectivity index (χ0) is 22.0. The maximum absolute atomic E-state index is 14.7. The number of aromatic amines is 1. The molecule has 2 heterocycles. The summed E-state index contributed by atoms with van der Waals surface area (Å²) in [6.45, 7) is 6.33. The maximum atomic E-state index is 14.7. The van der Waals surface area contributed by atoms with Crippen LogP contribution in [0.15, 0.2) is 48.5 Å². The van der Waals surface area contributed by atoms with Gasteiger partial charge in [0, 0.05) is 12.1 Å². The summed E-state index contributed by atoms with van der Waals surface area (Å²) >= 11 is 0. The van der Waals surface area contributed by atoms with Gasteiger partial charge < -0.3 is 19.1 Å². The Morgan fingerprint density at radius 1 is 1.23 bits per heavy atom. The lowest BCUT2D eigenvalue weighted by Gasteiger charge is -2.37. The normalized spacial score (nSPS) is 18.1. The average molecular weight is 427 g/mol. The number of para-hydroxylation sites is 1. The van der Waals surface area contributed by atoms with Gasteiger partial charge in [-0.1, -0.05) is 30.3 Å². The Balaban J connectivity index is 1.63. The van der Waals surface area contributed by atoms with Crippen molar-refractivity contribution >= 4 is 17.0 Å². The van der Waals surface area contributed by atoms with Gasteiger partial charge in [0.05, 0.1) is 24.1 Å². The molecule has 7 nitrogen and oxygen atoms in total. The molecular weight excluding hydrogens is 401 g/mol. The fourth-order valence-electron chi connectivity index (χ4n) is 3.54. The summed E-state index contributed by atoms with van der Waals surface area (Å²) in [6.07, 6.45) is -1.84. The first-order valence-corrected chi connectivity index (χ1v) is 10.3. The highest BCUT2D eigenvalue weighted by atomic mass is 19.1. The van der Waals surface area contributed by atoms with Crippen molar-refractivity contribution in [2.24, 2.45) is 0 Å². The molecule has 1 N–H and O–H groups in total. The minimum atomic E-state index is -0.807. The molecule has 2 aromatic carbocycles. The van der Waals surface area contributed by atoms with Crippen LogP contribution in [-0.2, 0) is 9.47 Å². The Bertz CT molecular complexity index is 1060. The summed E-state index contributed by atoms with van der Waals surface area (Å²) < 4.78 is 32.4. The molecule has 0 saturated carbocycles. The van der Waals surface area contributed by atoms with Gasteiger partial charge in [-0.05, 0) is 39.0 Å². The van der Waals surface area contributed by atoms with Crippen molar-refractivity contribution in [3.63, 3.8) is 0 Å². The molecule has 1 aliphatic heterocycles. The van der Waals surface area contributed by atoms with Gasteiger partial charge in [0.15, 0.2) is 6.10 Å². The summed E-state index contributed by atoms with van der Waals surface area (Å²) in [5.41, 5.74) is 0.538. The molecule has 0 bridgehead atoms. The van der Waals surface area contributed by atoms with Gasteiger partial charge in [-0.2, -0.15) is 0 Å². The van der Waals surface area contributed by atoms with Crippen LogP contribution in [0.4, 0.5) is 9.18 Å². The number of nitrogens with one attached hydrogen (secondary N) is 1. The Morgan fingerprint density at radius 3 is 2.74 bits per heavy atom. The van der Waals surface area contributed by atoms with E-state index in [4.69, 9.17) is 14.2 Å². The van der Waals surface area contributed by atoms with Gasteiger partial charge in [0.25, 0.3) is 0 Å². The average Bonchev–Trinajstić information content (AvgIpc) is 3.14. The van der Waals surface area contributed by atoms with Crippen molar-refractivity contribution in [1.29, 1.82) is 0 Å². The number of fused-ring (bicyclic) bond motifs is 1. The molecule has 2 atom stereocenters. The SMILES string of the molecule is CC(C)(C)OC(=O)N1CCOC(C(Oc2n[nH]c3ccccc23)c2ccccc2F)C1. The van der Waals surface area contributed by atoms with E-state index in [9.17, 15) is 9.18 Å². The van der Waals surface area contributed by atoms with E-state index < -0.39 is 29.7 Å². The van der Waals surface area contributed by atoms with Crippen LogP contribution in [0.25, 0.3) is 10.9 Å². The number of hydrogen-bond donors (Lipinski definition) is 1. The fourth-order valence-corrected chi connectivity index (χ4v) is 3.54. The predicted octanol–water partition coefficient (Wildman–Crippen LogP) is 4.46. The minimum Gasteiger partial charge on any atom is -0.465 e. The molecule has 1 aliphatic rings. The summed E-state index contributed by atoms with van der Waals surface area (Å²) in [7, 11) is 0. The van der Waals surface area contributed by atoms with Crippen molar-refractivity contribution in [3.05, 3.63) is 59.9 Å². The van der Waals surface area contributed by atoms with Gasteiger partial charge in [0.1, 0.15) is 17.5 Å². The van der Waals surface area contributed by atoms with E-state index in [2.05, 4.69) is 10.2 Å². The molecule has 1 fully saturated rings. The monoisotopic (exact) mass is 427 g/mol. The van der Waals surface area contributed by atoms with Crippen LogP contribution in [0.3, 0.4) is 0 Å². The van der Waals surface area contributed by atoms with E-state index in [0.29, 0.717) is 24.6 Å². The number of hydrogen-bond acceptors (Lipinski definition) is 5. The number of H-pyrrole nitrogens is 1. The number of carbonyl (C=O) groups is 1. The van der Waals surface area contributed by atoms with Crippen molar-refractivity contribution in [1.82, 2.24) is 15.1 Å². The first-order valence-electron chi connectivity index (χ1n) is 10.3. The first kappa shape index (κ1) is 21.1. The van der Waals surface area contributed by atoms with Crippen LogP contribution >= 0.6 is 0 Å². The zero-order valence-corrected chi connectivity index (χ0v) is 17.8. The van der Waals surface area contributed by atoms with Crippen LogP contribution < -0.4 is 4.74 Å². The Kier molecular flexibility index (Phi) is 5.82. The van der Waals surface area contributed by atoms with E-state index in [0.717, 1.165) is 10.9 Å². The third-order valence-electron chi connectivity index (χ3n) is 4.97. The molecule has 1 aromatic heterocycles. The second-order valence-corrected chi connectivity index (χ2v) is 8.47. The summed E-state index contributed by atoms with van der Waals surface area (Å²) in [5.74, 6) is -0.0628. The highest BCUT2D eigenvalue weighted by molar-refractivity contribution is 5.83. The zero-order valence-electron chi connectivity index (χ0n) is 17.8. The number of halogens is 1. The van der Waals surface area contributed by atoms with Gasteiger partial charge >= 0.3 is 6.09 Å². The van der Waals surface area contributed by atoms with Crippen LogP contribution in [0, 0.1) is 5.82 Å².